The summed E-state index contributed by atoms with van der Waals surface area (Å²) in [4.78, 5) is 5.19. The maximum Gasteiger partial charge on any atom is 0.0110 e. The number of nitrogens with zero attached hydrogens (tertiary/aromatic N) is 2. The molecular formula is C17H35N3. The SMILES string of the molecule is CC(C)NCC1(CN2CCN(C)CC2)CCCCCC1. The highest BCUT2D eigenvalue weighted by atomic mass is 15.2. The van der Waals surface area contributed by atoms with Crippen LogP contribution in [0.2, 0.25) is 0 Å². The quantitative estimate of drug-likeness (QED) is 0.782. The van der Waals surface area contributed by atoms with E-state index in [2.05, 4.69) is 36.0 Å². The second-order valence-corrected chi connectivity index (χ2v) is 7.53. The van der Waals surface area contributed by atoms with E-state index in [9.17, 15) is 0 Å². The maximum atomic E-state index is 3.75. The molecule has 1 N–H and O–H groups in total. The van der Waals surface area contributed by atoms with Crippen molar-refractivity contribution in [1.82, 2.24) is 15.1 Å². The molecule has 0 atom stereocenters. The third-order valence-electron chi connectivity index (χ3n) is 5.20. The predicted octanol–water partition coefficient (Wildman–Crippen LogP) is 2.57. The summed E-state index contributed by atoms with van der Waals surface area (Å²) in [6.45, 7) is 12.1. The molecule has 1 aliphatic heterocycles. The van der Waals surface area contributed by atoms with E-state index in [-0.39, 0.29) is 0 Å². The molecule has 3 heteroatoms. The minimum Gasteiger partial charge on any atom is -0.314 e. The smallest absolute Gasteiger partial charge is 0.0110 e. The van der Waals surface area contributed by atoms with Gasteiger partial charge in [-0.15, -0.1) is 0 Å². The van der Waals surface area contributed by atoms with Gasteiger partial charge in [0.1, 0.15) is 0 Å². The Morgan fingerprint density at radius 3 is 2.10 bits per heavy atom. The fraction of sp³-hybridized carbons (Fsp3) is 1.00. The van der Waals surface area contributed by atoms with E-state index in [1.807, 2.05) is 0 Å². The van der Waals surface area contributed by atoms with Crippen LogP contribution in [0.25, 0.3) is 0 Å². The van der Waals surface area contributed by atoms with Crippen molar-refractivity contribution >= 4 is 0 Å². The van der Waals surface area contributed by atoms with Crippen molar-refractivity contribution in [3.8, 4) is 0 Å². The van der Waals surface area contributed by atoms with Gasteiger partial charge in [0.05, 0.1) is 0 Å². The topological polar surface area (TPSA) is 18.5 Å². The molecule has 1 saturated heterocycles. The number of rotatable bonds is 5. The van der Waals surface area contributed by atoms with Crippen LogP contribution >= 0.6 is 0 Å². The number of nitrogens with one attached hydrogen (secondary N) is 1. The molecule has 0 amide bonds. The Labute approximate surface area is 126 Å². The van der Waals surface area contributed by atoms with E-state index < -0.39 is 0 Å². The molecule has 118 valence electrons. The van der Waals surface area contributed by atoms with E-state index in [0.29, 0.717) is 11.5 Å². The van der Waals surface area contributed by atoms with Crippen LogP contribution in [-0.2, 0) is 0 Å². The van der Waals surface area contributed by atoms with Crippen LogP contribution in [0.15, 0.2) is 0 Å². The lowest BCUT2D eigenvalue weighted by Gasteiger charge is -2.41. The van der Waals surface area contributed by atoms with Gasteiger partial charge >= 0.3 is 0 Å². The van der Waals surface area contributed by atoms with Crippen molar-refractivity contribution in [3.63, 3.8) is 0 Å². The third kappa shape index (κ3) is 5.01. The minimum atomic E-state index is 0.538. The van der Waals surface area contributed by atoms with Crippen LogP contribution in [0.5, 0.6) is 0 Å². The van der Waals surface area contributed by atoms with E-state index in [1.165, 1.54) is 77.8 Å². The van der Waals surface area contributed by atoms with Gasteiger partial charge in [-0.1, -0.05) is 39.5 Å². The lowest BCUT2D eigenvalue weighted by molar-refractivity contribution is 0.0827. The molecule has 20 heavy (non-hydrogen) atoms. The summed E-state index contributed by atoms with van der Waals surface area (Å²) >= 11 is 0. The molecule has 2 rings (SSSR count). The molecule has 0 bridgehead atoms. The molecule has 1 saturated carbocycles. The summed E-state index contributed by atoms with van der Waals surface area (Å²) in [6, 6.07) is 0.614. The Hall–Kier alpha value is -0.120. The Morgan fingerprint density at radius 1 is 0.950 bits per heavy atom. The first kappa shape index (κ1) is 16.3. The van der Waals surface area contributed by atoms with E-state index >= 15 is 0 Å². The van der Waals surface area contributed by atoms with Crippen molar-refractivity contribution in [1.29, 1.82) is 0 Å². The molecule has 3 nitrogen and oxygen atoms in total. The summed E-state index contributed by atoms with van der Waals surface area (Å²) in [5, 5.41) is 3.75. The van der Waals surface area contributed by atoms with Crippen molar-refractivity contribution in [3.05, 3.63) is 0 Å². The highest BCUT2D eigenvalue weighted by molar-refractivity contribution is 4.88. The third-order valence-corrected chi connectivity index (χ3v) is 5.20. The molecule has 1 aliphatic carbocycles. The molecule has 1 heterocycles. The van der Waals surface area contributed by atoms with Crippen LogP contribution in [0.1, 0.15) is 52.4 Å². The standard InChI is InChI=1S/C17H35N3/c1-16(2)18-14-17(8-6-4-5-7-9-17)15-20-12-10-19(3)11-13-20/h16,18H,4-15H2,1-3H3. The number of hydrogen-bond acceptors (Lipinski definition) is 3. The van der Waals surface area contributed by atoms with Crippen LogP contribution in [0, 0.1) is 5.41 Å². The van der Waals surface area contributed by atoms with E-state index in [0.717, 1.165) is 0 Å². The fourth-order valence-electron chi connectivity index (χ4n) is 3.77. The zero-order chi connectivity index (χ0) is 14.4. The number of hydrogen-bond donors (Lipinski definition) is 1. The van der Waals surface area contributed by atoms with Gasteiger partial charge in [0, 0.05) is 45.3 Å². The Balaban J connectivity index is 1.93. The van der Waals surface area contributed by atoms with Gasteiger partial charge in [0.25, 0.3) is 0 Å². The van der Waals surface area contributed by atoms with Gasteiger partial charge in [-0.25, -0.2) is 0 Å². The second kappa shape index (κ2) is 7.77. The zero-order valence-corrected chi connectivity index (χ0v) is 14.0. The Morgan fingerprint density at radius 2 is 1.55 bits per heavy atom. The first-order valence-corrected chi connectivity index (χ1v) is 8.74. The highest BCUT2D eigenvalue weighted by Gasteiger charge is 2.33. The molecule has 2 aliphatic rings. The molecule has 0 aromatic rings. The van der Waals surface area contributed by atoms with Gasteiger partial charge in [0.2, 0.25) is 0 Å². The van der Waals surface area contributed by atoms with Crippen LogP contribution in [0.3, 0.4) is 0 Å². The van der Waals surface area contributed by atoms with E-state index in [1.54, 1.807) is 0 Å². The lowest BCUT2D eigenvalue weighted by atomic mass is 9.79. The maximum absolute atomic E-state index is 3.75. The highest BCUT2D eigenvalue weighted by Crippen LogP contribution is 2.35. The zero-order valence-electron chi connectivity index (χ0n) is 14.0. The predicted molar refractivity (Wildman–Crippen MR) is 87.2 cm³/mol. The minimum absolute atomic E-state index is 0.538. The molecule has 2 fully saturated rings. The van der Waals surface area contributed by atoms with Crippen LogP contribution < -0.4 is 5.32 Å². The molecular weight excluding hydrogens is 246 g/mol. The molecule has 0 aromatic carbocycles. The first-order chi connectivity index (χ1) is 9.60. The summed E-state index contributed by atoms with van der Waals surface area (Å²) in [5.41, 5.74) is 0.538. The fourth-order valence-corrected chi connectivity index (χ4v) is 3.77. The Kier molecular flexibility index (Phi) is 6.31. The average Bonchev–Trinajstić information content (AvgIpc) is 2.66. The molecule has 0 radical (unpaired) electrons. The van der Waals surface area contributed by atoms with Crippen LogP contribution in [-0.4, -0.2) is 62.2 Å². The molecule has 0 unspecified atom stereocenters. The van der Waals surface area contributed by atoms with Crippen molar-refractivity contribution in [2.75, 3.05) is 46.3 Å². The summed E-state index contributed by atoms with van der Waals surface area (Å²) in [7, 11) is 2.25. The number of piperazine rings is 1. The van der Waals surface area contributed by atoms with Gasteiger partial charge in [-0.2, -0.15) is 0 Å². The molecule has 0 aromatic heterocycles. The molecule has 0 spiro atoms. The summed E-state index contributed by atoms with van der Waals surface area (Å²) in [5.74, 6) is 0. The van der Waals surface area contributed by atoms with Crippen molar-refractivity contribution in [2.45, 2.75) is 58.4 Å². The first-order valence-electron chi connectivity index (χ1n) is 8.74. The van der Waals surface area contributed by atoms with Gasteiger partial charge in [-0.05, 0) is 25.3 Å². The normalized spacial score (nSPS) is 25.8. The summed E-state index contributed by atoms with van der Waals surface area (Å²) < 4.78 is 0. The monoisotopic (exact) mass is 281 g/mol. The number of likely N-dealkylation sites (N-methyl/N-ethyl adjacent to an activating group) is 1. The average molecular weight is 281 g/mol. The lowest BCUT2D eigenvalue weighted by Crippen LogP contribution is -2.51. The van der Waals surface area contributed by atoms with Crippen LogP contribution in [0.4, 0.5) is 0 Å². The largest absolute Gasteiger partial charge is 0.314 e. The van der Waals surface area contributed by atoms with E-state index in [4.69, 9.17) is 0 Å². The second-order valence-electron chi connectivity index (χ2n) is 7.53. The van der Waals surface area contributed by atoms with Crippen molar-refractivity contribution < 1.29 is 0 Å². The van der Waals surface area contributed by atoms with Gasteiger partial charge in [-0.3, -0.25) is 0 Å². The summed E-state index contributed by atoms with van der Waals surface area (Å²) in [6.07, 6.45) is 8.64. The van der Waals surface area contributed by atoms with Gasteiger partial charge < -0.3 is 15.1 Å². The van der Waals surface area contributed by atoms with Gasteiger partial charge in [0.15, 0.2) is 0 Å². The van der Waals surface area contributed by atoms with Crippen molar-refractivity contribution in [2.24, 2.45) is 5.41 Å². The Bertz CT molecular complexity index is 261.